The molecule has 1 aromatic heterocycles. The van der Waals surface area contributed by atoms with Gasteiger partial charge in [0.1, 0.15) is 4.75 Å². The molecule has 0 radical (unpaired) electrons. The minimum atomic E-state index is -4.38. The van der Waals surface area contributed by atoms with Crippen molar-refractivity contribution >= 4 is 10.1 Å². The number of aromatic nitrogens is 2. The smallest absolute Gasteiger partial charge is 0.274 e. The van der Waals surface area contributed by atoms with Gasteiger partial charge in [-0.2, -0.15) is 13.5 Å². The molecule has 1 heterocycles. The molecule has 0 atom stereocenters. The van der Waals surface area contributed by atoms with Gasteiger partial charge in [-0.3, -0.25) is 4.55 Å². The Morgan fingerprint density at radius 3 is 2.25 bits per heavy atom. The number of hydrogen-bond acceptors (Lipinski definition) is 4. The minimum Gasteiger partial charge on any atom is -0.493 e. The van der Waals surface area contributed by atoms with E-state index in [2.05, 4.69) is 5.10 Å². The topological polar surface area (TPSA) is 92.4 Å². The molecular weight excluding hydrogens is 280 g/mol. The molecule has 0 amide bonds. The summed E-state index contributed by atoms with van der Waals surface area (Å²) in [6, 6.07) is 8.84. The van der Waals surface area contributed by atoms with Crippen LogP contribution >= 0.6 is 0 Å². The summed E-state index contributed by atoms with van der Waals surface area (Å²) >= 11 is 0. The first-order valence-corrected chi connectivity index (χ1v) is 7.42. The first-order valence-electron chi connectivity index (χ1n) is 5.98. The Morgan fingerprint density at radius 2 is 1.75 bits per heavy atom. The Balaban J connectivity index is 2.68. The lowest BCUT2D eigenvalue weighted by Gasteiger charge is -2.20. The van der Waals surface area contributed by atoms with E-state index in [1.54, 1.807) is 31.2 Å². The number of hydrogen-bond donors (Lipinski definition) is 2. The molecule has 0 aliphatic carbocycles. The molecule has 20 heavy (non-hydrogen) atoms. The van der Waals surface area contributed by atoms with Crippen molar-refractivity contribution in [2.24, 2.45) is 0 Å². The highest BCUT2D eigenvalue weighted by Crippen LogP contribution is 2.38. The van der Waals surface area contributed by atoms with E-state index in [1.165, 1.54) is 18.5 Å². The second-order valence-corrected chi connectivity index (χ2v) is 6.99. The Kier molecular flexibility index (Phi) is 3.35. The molecule has 0 fully saturated rings. The number of rotatable bonds is 3. The number of nitrogens with zero attached hydrogens (tertiary/aromatic N) is 2. The Bertz CT molecular complexity index is 733. The zero-order chi connectivity index (χ0) is 15.1. The summed E-state index contributed by atoms with van der Waals surface area (Å²) in [5.74, 6) is -0.295. The summed E-state index contributed by atoms with van der Waals surface area (Å²) in [4.78, 5) is 0. The van der Waals surface area contributed by atoms with Crippen LogP contribution < -0.4 is 0 Å². The van der Waals surface area contributed by atoms with Crippen LogP contribution in [0.5, 0.6) is 5.88 Å². The Hall–Kier alpha value is -1.86. The molecule has 108 valence electrons. The predicted molar refractivity (Wildman–Crippen MR) is 74.5 cm³/mol. The quantitative estimate of drug-likeness (QED) is 0.845. The highest BCUT2D eigenvalue weighted by atomic mass is 32.2. The number of para-hydroxylation sites is 1. The van der Waals surface area contributed by atoms with Gasteiger partial charge >= 0.3 is 0 Å². The van der Waals surface area contributed by atoms with E-state index in [4.69, 9.17) is 0 Å². The van der Waals surface area contributed by atoms with E-state index in [1.807, 2.05) is 6.07 Å². The summed E-state index contributed by atoms with van der Waals surface area (Å²) in [5.41, 5.74) is 1.03. The summed E-state index contributed by atoms with van der Waals surface area (Å²) in [7, 11) is -4.38. The summed E-state index contributed by atoms with van der Waals surface area (Å²) in [6.07, 6.45) is 0. The third kappa shape index (κ3) is 2.19. The van der Waals surface area contributed by atoms with Crippen LogP contribution in [-0.2, 0) is 14.9 Å². The molecule has 0 saturated carbocycles. The van der Waals surface area contributed by atoms with E-state index in [9.17, 15) is 18.1 Å². The van der Waals surface area contributed by atoms with E-state index in [-0.39, 0.29) is 11.4 Å². The zero-order valence-corrected chi connectivity index (χ0v) is 12.2. The molecule has 1 aromatic carbocycles. The van der Waals surface area contributed by atoms with Crippen LogP contribution in [0.25, 0.3) is 5.69 Å². The summed E-state index contributed by atoms with van der Waals surface area (Å²) < 4.78 is 32.0. The molecule has 7 heteroatoms. The first-order chi connectivity index (χ1) is 9.16. The maximum atomic E-state index is 11.5. The van der Waals surface area contributed by atoms with Crippen LogP contribution in [0.4, 0.5) is 0 Å². The lowest BCUT2D eigenvalue weighted by Crippen LogP contribution is -2.29. The molecule has 0 bridgehead atoms. The average molecular weight is 296 g/mol. The number of aryl methyl sites for hydroxylation is 1. The van der Waals surface area contributed by atoms with E-state index < -0.39 is 14.9 Å². The molecule has 6 nitrogen and oxygen atoms in total. The molecule has 0 aliphatic rings. The second-order valence-electron chi connectivity index (χ2n) is 5.02. The van der Waals surface area contributed by atoms with Crippen LogP contribution in [0.1, 0.15) is 25.1 Å². The molecule has 0 unspecified atom stereocenters. The van der Waals surface area contributed by atoms with Crippen molar-refractivity contribution in [2.45, 2.75) is 25.5 Å². The van der Waals surface area contributed by atoms with E-state index in [0.717, 1.165) is 0 Å². The molecule has 2 N–H and O–H groups in total. The summed E-state index contributed by atoms with van der Waals surface area (Å²) in [5, 5.41) is 14.4. The molecule has 2 aromatic rings. The molecule has 2 rings (SSSR count). The van der Waals surface area contributed by atoms with Gasteiger partial charge in [0, 0.05) is 0 Å². The monoisotopic (exact) mass is 296 g/mol. The fourth-order valence-electron chi connectivity index (χ4n) is 2.10. The van der Waals surface area contributed by atoms with Gasteiger partial charge in [0.2, 0.25) is 5.88 Å². The normalized spacial score (nSPS) is 12.6. The minimum absolute atomic E-state index is 0.0869. The molecule has 0 saturated heterocycles. The standard InChI is InChI=1S/C13H16N2O4S/c1-9-11(13(2,3)20(17,18)19)12(16)15(14-9)10-7-5-4-6-8-10/h4-8,16H,1-3H3,(H,17,18,19). The maximum absolute atomic E-state index is 11.5. The van der Waals surface area contributed by atoms with Crippen molar-refractivity contribution in [3.8, 4) is 11.6 Å². The van der Waals surface area contributed by atoms with Gasteiger partial charge in [-0.1, -0.05) is 18.2 Å². The van der Waals surface area contributed by atoms with Gasteiger partial charge in [-0.05, 0) is 32.9 Å². The van der Waals surface area contributed by atoms with Gasteiger partial charge in [-0.25, -0.2) is 4.68 Å². The average Bonchev–Trinajstić information content (AvgIpc) is 2.65. The predicted octanol–water partition coefficient (Wildman–Crippen LogP) is 2.01. The van der Waals surface area contributed by atoms with Gasteiger partial charge < -0.3 is 5.11 Å². The highest BCUT2D eigenvalue weighted by molar-refractivity contribution is 7.86. The van der Waals surface area contributed by atoms with Crippen LogP contribution in [0.2, 0.25) is 0 Å². The fraction of sp³-hybridized carbons (Fsp3) is 0.308. The molecule has 0 aliphatic heterocycles. The van der Waals surface area contributed by atoms with Crippen molar-refractivity contribution in [2.75, 3.05) is 0 Å². The maximum Gasteiger partial charge on any atom is 0.274 e. The zero-order valence-electron chi connectivity index (χ0n) is 11.4. The summed E-state index contributed by atoms with van der Waals surface area (Å²) in [6.45, 7) is 4.23. The van der Waals surface area contributed by atoms with Crippen molar-refractivity contribution in [3.63, 3.8) is 0 Å². The van der Waals surface area contributed by atoms with Gasteiger partial charge in [0.25, 0.3) is 10.1 Å². The lowest BCUT2D eigenvalue weighted by molar-refractivity contribution is 0.408. The van der Waals surface area contributed by atoms with Crippen molar-refractivity contribution in [1.82, 2.24) is 9.78 Å². The van der Waals surface area contributed by atoms with Crippen molar-refractivity contribution in [1.29, 1.82) is 0 Å². The lowest BCUT2D eigenvalue weighted by atomic mass is 10.0. The Morgan fingerprint density at radius 1 is 1.20 bits per heavy atom. The second kappa shape index (κ2) is 4.60. The largest absolute Gasteiger partial charge is 0.493 e. The van der Waals surface area contributed by atoms with Crippen molar-refractivity contribution < 1.29 is 18.1 Å². The third-order valence-corrected chi connectivity index (χ3v) is 4.78. The van der Waals surface area contributed by atoms with E-state index in [0.29, 0.717) is 11.4 Å². The molecular formula is C13H16N2O4S. The van der Waals surface area contributed by atoms with Crippen LogP contribution in [0.3, 0.4) is 0 Å². The number of aromatic hydroxyl groups is 1. The molecule has 0 spiro atoms. The van der Waals surface area contributed by atoms with Crippen LogP contribution in [0.15, 0.2) is 30.3 Å². The van der Waals surface area contributed by atoms with Gasteiger partial charge in [0.15, 0.2) is 0 Å². The third-order valence-electron chi connectivity index (χ3n) is 3.28. The van der Waals surface area contributed by atoms with Gasteiger partial charge in [0.05, 0.1) is 16.9 Å². The van der Waals surface area contributed by atoms with Gasteiger partial charge in [-0.15, -0.1) is 0 Å². The first kappa shape index (κ1) is 14.5. The highest BCUT2D eigenvalue weighted by Gasteiger charge is 2.40. The van der Waals surface area contributed by atoms with E-state index >= 15 is 0 Å². The fourth-order valence-corrected chi connectivity index (χ4v) is 2.60. The number of benzene rings is 1. The van der Waals surface area contributed by atoms with Crippen LogP contribution in [0, 0.1) is 6.92 Å². The van der Waals surface area contributed by atoms with Crippen molar-refractivity contribution in [3.05, 3.63) is 41.6 Å². The van der Waals surface area contributed by atoms with Crippen LogP contribution in [-0.4, -0.2) is 27.9 Å². The Labute approximate surface area is 117 Å². The SMILES string of the molecule is Cc1nn(-c2ccccc2)c(O)c1C(C)(C)S(=O)(=O)O.